The van der Waals surface area contributed by atoms with Crippen LogP contribution in [0.1, 0.15) is 23.2 Å². The Balaban J connectivity index is 2.21. The summed E-state index contributed by atoms with van der Waals surface area (Å²) in [4.78, 5) is 2.24. The Bertz CT molecular complexity index is 706. The van der Waals surface area contributed by atoms with E-state index in [1.54, 1.807) is 4.68 Å². The van der Waals surface area contributed by atoms with Gasteiger partial charge in [-0.05, 0) is 37.5 Å². The minimum atomic E-state index is 0.730. The van der Waals surface area contributed by atoms with Crippen LogP contribution in [-0.2, 0) is 13.5 Å². The van der Waals surface area contributed by atoms with E-state index in [0.717, 1.165) is 35.3 Å². The van der Waals surface area contributed by atoms with E-state index in [0.29, 0.717) is 0 Å². The van der Waals surface area contributed by atoms with Gasteiger partial charge in [0, 0.05) is 43.7 Å². The van der Waals surface area contributed by atoms with Gasteiger partial charge in [-0.1, -0.05) is 0 Å². The minimum absolute atomic E-state index is 0.730. The summed E-state index contributed by atoms with van der Waals surface area (Å²) in [6.07, 6.45) is 4.24. The first-order chi connectivity index (χ1) is 9.60. The largest absolute Gasteiger partial charge is 0.374 e. The van der Waals surface area contributed by atoms with Gasteiger partial charge < -0.3 is 4.90 Å². The summed E-state index contributed by atoms with van der Waals surface area (Å²) in [5.41, 5.74) is 6.28. The lowest BCUT2D eigenvalue weighted by molar-refractivity contribution is 0.744. The van der Waals surface area contributed by atoms with Gasteiger partial charge in [-0.25, -0.2) is 0 Å². The van der Waals surface area contributed by atoms with Crippen LogP contribution in [0, 0.1) is 18.3 Å². The van der Waals surface area contributed by atoms with Crippen molar-refractivity contribution in [3.8, 4) is 17.2 Å². The van der Waals surface area contributed by atoms with Crippen molar-refractivity contribution in [2.24, 2.45) is 7.05 Å². The highest BCUT2D eigenvalue weighted by molar-refractivity contribution is 5.77. The molecule has 1 aromatic heterocycles. The molecule has 1 aliphatic rings. The van der Waals surface area contributed by atoms with Crippen molar-refractivity contribution in [2.45, 2.75) is 19.8 Å². The molecule has 0 fully saturated rings. The van der Waals surface area contributed by atoms with Gasteiger partial charge in [0.15, 0.2) is 0 Å². The molecule has 102 valence electrons. The lowest BCUT2D eigenvalue weighted by atomic mass is 9.93. The Morgan fingerprint density at radius 2 is 2.05 bits per heavy atom. The van der Waals surface area contributed by atoms with E-state index in [4.69, 9.17) is 0 Å². The highest BCUT2D eigenvalue weighted by Gasteiger charge is 2.19. The number of anilines is 1. The first-order valence-corrected chi connectivity index (χ1v) is 6.89. The summed E-state index contributed by atoms with van der Waals surface area (Å²) >= 11 is 0. The zero-order chi connectivity index (χ0) is 14.3. The fraction of sp³-hybridized carbons (Fsp3) is 0.375. The number of rotatable bonds is 1. The van der Waals surface area contributed by atoms with Gasteiger partial charge in [0.25, 0.3) is 0 Å². The first-order valence-electron chi connectivity index (χ1n) is 6.89. The molecule has 0 aliphatic carbocycles. The number of fused-ring (bicyclic) bond motifs is 1. The normalized spacial score (nSPS) is 14.0. The van der Waals surface area contributed by atoms with E-state index in [1.165, 1.54) is 17.7 Å². The fourth-order valence-electron chi connectivity index (χ4n) is 3.00. The van der Waals surface area contributed by atoms with Crippen LogP contribution in [0.5, 0.6) is 0 Å². The Morgan fingerprint density at radius 3 is 2.70 bits per heavy atom. The second kappa shape index (κ2) is 4.68. The molecule has 1 aliphatic heterocycles. The molecule has 0 saturated carbocycles. The molecule has 1 aromatic carbocycles. The van der Waals surface area contributed by atoms with E-state index in [2.05, 4.69) is 29.2 Å². The Hall–Kier alpha value is -2.28. The molecule has 0 amide bonds. The van der Waals surface area contributed by atoms with Gasteiger partial charge in [0.05, 0.1) is 17.3 Å². The SMILES string of the molecule is Cc1nn(C)cc1-c1cc2c(cc1C#N)N(C)CCC2. The zero-order valence-electron chi connectivity index (χ0n) is 12.1. The summed E-state index contributed by atoms with van der Waals surface area (Å²) in [6.45, 7) is 3.05. The summed E-state index contributed by atoms with van der Waals surface area (Å²) in [7, 11) is 4.00. The van der Waals surface area contributed by atoms with E-state index >= 15 is 0 Å². The summed E-state index contributed by atoms with van der Waals surface area (Å²) in [6, 6.07) is 6.54. The van der Waals surface area contributed by atoms with Crippen molar-refractivity contribution >= 4 is 5.69 Å². The number of hydrogen-bond acceptors (Lipinski definition) is 3. The number of benzene rings is 1. The molecule has 0 atom stereocenters. The van der Waals surface area contributed by atoms with Crippen molar-refractivity contribution in [1.29, 1.82) is 5.26 Å². The van der Waals surface area contributed by atoms with Gasteiger partial charge in [0.2, 0.25) is 0 Å². The molecular weight excluding hydrogens is 248 g/mol. The lowest BCUT2D eigenvalue weighted by Gasteiger charge is -2.28. The van der Waals surface area contributed by atoms with Crippen LogP contribution in [0.25, 0.3) is 11.1 Å². The number of aryl methyl sites for hydroxylation is 3. The first kappa shape index (κ1) is 12.7. The highest BCUT2D eigenvalue weighted by atomic mass is 15.2. The molecule has 20 heavy (non-hydrogen) atoms. The third kappa shape index (κ3) is 1.96. The predicted octanol–water partition coefficient (Wildman–Crippen LogP) is 2.65. The van der Waals surface area contributed by atoms with Crippen LogP contribution in [-0.4, -0.2) is 23.4 Å². The molecule has 4 nitrogen and oxygen atoms in total. The standard InChI is InChI=1S/C16H18N4/c1-11-15(10-20(3)18-11)14-7-12-5-4-6-19(2)16(12)8-13(14)9-17/h7-8,10H,4-6H2,1-3H3. The number of aromatic nitrogens is 2. The van der Waals surface area contributed by atoms with E-state index < -0.39 is 0 Å². The van der Waals surface area contributed by atoms with Crippen LogP contribution in [0.3, 0.4) is 0 Å². The van der Waals surface area contributed by atoms with Gasteiger partial charge >= 0.3 is 0 Å². The molecule has 3 rings (SSSR count). The molecule has 0 radical (unpaired) electrons. The average molecular weight is 266 g/mol. The maximum atomic E-state index is 9.47. The quantitative estimate of drug-likeness (QED) is 0.797. The second-order valence-electron chi connectivity index (χ2n) is 5.47. The summed E-state index contributed by atoms with van der Waals surface area (Å²) in [5.74, 6) is 0. The van der Waals surface area contributed by atoms with Crippen molar-refractivity contribution in [1.82, 2.24) is 9.78 Å². The average Bonchev–Trinajstić information content (AvgIpc) is 2.77. The van der Waals surface area contributed by atoms with Crippen LogP contribution in [0.4, 0.5) is 5.69 Å². The number of nitriles is 1. The Kier molecular flexibility index (Phi) is 2.98. The highest BCUT2D eigenvalue weighted by Crippen LogP contribution is 2.34. The lowest BCUT2D eigenvalue weighted by Crippen LogP contribution is -2.24. The zero-order valence-corrected chi connectivity index (χ0v) is 12.1. The molecule has 2 aromatic rings. The van der Waals surface area contributed by atoms with Crippen LogP contribution in [0.15, 0.2) is 18.3 Å². The minimum Gasteiger partial charge on any atom is -0.374 e. The van der Waals surface area contributed by atoms with Crippen LogP contribution >= 0.6 is 0 Å². The van der Waals surface area contributed by atoms with Crippen molar-refractivity contribution in [3.63, 3.8) is 0 Å². The van der Waals surface area contributed by atoms with Gasteiger partial charge in [-0.3, -0.25) is 4.68 Å². The molecule has 4 heteroatoms. The Labute approximate surface area is 119 Å². The monoisotopic (exact) mass is 266 g/mol. The molecule has 0 spiro atoms. The van der Waals surface area contributed by atoms with Gasteiger partial charge in [0.1, 0.15) is 0 Å². The molecular formula is C16H18N4. The van der Waals surface area contributed by atoms with Crippen LogP contribution in [0.2, 0.25) is 0 Å². The molecule has 0 saturated heterocycles. The number of hydrogen-bond donors (Lipinski definition) is 0. The third-order valence-electron chi connectivity index (χ3n) is 3.99. The van der Waals surface area contributed by atoms with Gasteiger partial charge in [-0.2, -0.15) is 10.4 Å². The third-order valence-corrected chi connectivity index (χ3v) is 3.99. The number of nitrogens with zero attached hydrogens (tertiary/aromatic N) is 4. The smallest absolute Gasteiger partial charge is 0.0998 e. The molecule has 0 N–H and O–H groups in total. The molecule has 2 heterocycles. The van der Waals surface area contributed by atoms with E-state index in [-0.39, 0.29) is 0 Å². The van der Waals surface area contributed by atoms with Crippen LogP contribution < -0.4 is 4.90 Å². The van der Waals surface area contributed by atoms with Gasteiger partial charge in [-0.15, -0.1) is 0 Å². The van der Waals surface area contributed by atoms with Crippen molar-refractivity contribution < 1.29 is 0 Å². The summed E-state index contributed by atoms with van der Waals surface area (Å²) in [5, 5.41) is 13.9. The second-order valence-corrected chi connectivity index (χ2v) is 5.47. The van der Waals surface area contributed by atoms with E-state index in [1.807, 2.05) is 26.2 Å². The predicted molar refractivity (Wildman–Crippen MR) is 79.7 cm³/mol. The Morgan fingerprint density at radius 1 is 1.25 bits per heavy atom. The molecule has 0 bridgehead atoms. The van der Waals surface area contributed by atoms with E-state index in [9.17, 15) is 5.26 Å². The fourth-order valence-corrected chi connectivity index (χ4v) is 3.00. The van der Waals surface area contributed by atoms with Crippen molar-refractivity contribution in [3.05, 3.63) is 35.2 Å². The summed E-state index contributed by atoms with van der Waals surface area (Å²) < 4.78 is 1.80. The van der Waals surface area contributed by atoms with Crippen molar-refractivity contribution in [2.75, 3.05) is 18.5 Å². The maximum absolute atomic E-state index is 9.47. The maximum Gasteiger partial charge on any atom is 0.0998 e. The topological polar surface area (TPSA) is 44.9 Å². The molecule has 0 unspecified atom stereocenters.